The number of hydrogen-bond donors (Lipinski definition) is 1. The molecule has 1 N–H and O–H groups in total. The number of nitrogens with one attached hydrogen (secondary N) is 1. The van der Waals surface area contributed by atoms with Crippen molar-refractivity contribution in [3.63, 3.8) is 0 Å². The summed E-state index contributed by atoms with van der Waals surface area (Å²) < 4.78 is 14.9. The topological polar surface area (TPSA) is 91.3 Å². The maximum atomic E-state index is 13.2. The van der Waals surface area contributed by atoms with Crippen molar-refractivity contribution in [2.75, 3.05) is 11.9 Å². The van der Waals surface area contributed by atoms with Gasteiger partial charge in [0.25, 0.3) is 11.5 Å². The highest BCUT2D eigenvalue weighted by Gasteiger charge is 2.27. The van der Waals surface area contributed by atoms with Crippen LogP contribution >= 0.6 is 11.6 Å². The van der Waals surface area contributed by atoms with E-state index >= 15 is 0 Å². The molecule has 2 aliphatic carbocycles. The summed E-state index contributed by atoms with van der Waals surface area (Å²) in [4.78, 5) is 26.3. The molecule has 3 aromatic rings. The largest absolute Gasteiger partial charge is 0.493 e. The van der Waals surface area contributed by atoms with E-state index in [0.717, 1.165) is 25.7 Å². The predicted molar refractivity (Wildman–Crippen MR) is 134 cm³/mol. The fourth-order valence-electron chi connectivity index (χ4n) is 4.85. The minimum atomic E-state index is -0.486. The highest BCUT2D eigenvalue weighted by atomic mass is 35.5. The summed E-state index contributed by atoms with van der Waals surface area (Å²) >= 11 is 6.51. The molecule has 0 radical (unpaired) electrons. The number of halogens is 1. The van der Waals surface area contributed by atoms with E-state index in [2.05, 4.69) is 10.5 Å². The Labute approximate surface area is 209 Å². The standard InChI is InChI=1S/C26H31ClN4O4/c1-15-22(29-35-24(15)20-12-11-19(13-21(20)27)34-14-17-9-10-17)25(32)28-23-16(2)30(3)31(26(23)33)18-7-5-4-6-8-18/h11-13,17-18H,4-10,14H2,1-3H3,(H,28,32). The third-order valence-electron chi connectivity index (χ3n) is 7.26. The van der Waals surface area contributed by atoms with Gasteiger partial charge in [-0.2, -0.15) is 0 Å². The molecule has 35 heavy (non-hydrogen) atoms. The van der Waals surface area contributed by atoms with E-state index in [4.69, 9.17) is 20.9 Å². The lowest BCUT2D eigenvalue weighted by molar-refractivity contribution is 0.101. The van der Waals surface area contributed by atoms with Gasteiger partial charge in [-0.25, -0.2) is 4.68 Å². The number of amides is 1. The van der Waals surface area contributed by atoms with E-state index in [1.165, 1.54) is 19.3 Å². The van der Waals surface area contributed by atoms with E-state index in [0.29, 0.717) is 45.9 Å². The van der Waals surface area contributed by atoms with Gasteiger partial charge in [0.2, 0.25) is 0 Å². The van der Waals surface area contributed by atoms with Crippen molar-refractivity contribution < 1.29 is 14.1 Å². The van der Waals surface area contributed by atoms with E-state index in [1.807, 2.05) is 30.8 Å². The summed E-state index contributed by atoms with van der Waals surface area (Å²) in [7, 11) is 1.86. The molecule has 1 amide bonds. The summed E-state index contributed by atoms with van der Waals surface area (Å²) in [6.07, 6.45) is 7.80. The summed E-state index contributed by atoms with van der Waals surface area (Å²) in [5.41, 5.74) is 2.11. The third-order valence-corrected chi connectivity index (χ3v) is 7.57. The second-order valence-electron chi connectivity index (χ2n) is 9.76. The fourth-order valence-corrected chi connectivity index (χ4v) is 5.11. The van der Waals surface area contributed by atoms with E-state index in [9.17, 15) is 9.59 Å². The monoisotopic (exact) mass is 498 g/mol. The zero-order chi connectivity index (χ0) is 24.7. The lowest BCUT2D eigenvalue weighted by Crippen LogP contribution is -2.29. The molecule has 0 saturated heterocycles. The van der Waals surface area contributed by atoms with Crippen molar-refractivity contribution >= 4 is 23.2 Å². The Morgan fingerprint density at radius 1 is 1.20 bits per heavy atom. The van der Waals surface area contributed by atoms with Crippen molar-refractivity contribution in [3.8, 4) is 17.1 Å². The molecule has 0 bridgehead atoms. The van der Waals surface area contributed by atoms with Crippen LogP contribution in [-0.4, -0.2) is 27.0 Å². The minimum absolute atomic E-state index is 0.122. The van der Waals surface area contributed by atoms with Crippen molar-refractivity contribution in [2.24, 2.45) is 13.0 Å². The van der Waals surface area contributed by atoms with Crippen molar-refractivity contribution in [1.29, 1.82) is 0 Å². The second-order valence-corrected chi connectivity index (χ2v) is 10.2. The van der Waals surface area contributed by atoms with Gasteiger partial charge in [-0.05, 0) is 63.6 Å². The van der Waals surface area contributed by atoms with Crippen LogP contribution in [0.1, 0.15) is 72.7 Å². The Morgan fingerprint density at radius 3 is 2.63 bits per heavy atom. The molecule has 0 atom stereocenters. The Hall–Kier alpha value is -3.00. The predicted octanol–water partition coefficient (Wildman–Crippen LogP) is 5.66. The van der Waals surface area contributed by atoms with Crippen LogP contribution in [0, 0.1) is 19.8 Å². The molecular weight excluding hydrogens is 468 g/mol. The quantitative estimate of drug-likeness (QED) is 0.454. The van der Waals surface area contributed by atoms with E-state index < -0.39 is 5.91 Å². The Bertz CT molecular complexity index is 1310. The second kappa shape index (κ2) is 9.57. The van der Waals surface area contributed by atoms with Crippen LogP contribution < -0.4 is 15.6 Å². The zero-order valence-electron chi connectivity index (χ0n) is 20.4. The number of carbonyl (C=O) groups is 1. The number of hydrogen-bond acceptors (Lipinski definition) is 5. The van der Waals surface area contributed by atoms with Gasteiger partial charge in [-0.15, -0.1) is 0 Å². The Balaban J connectivity index is 1.36. The first kappa shape index (κ1) is 23.7. The maximum Gasteiger partial charge on any atom is 0.291 e. The SMILES string of the molecule is Cc1c(C(=O)Nc2c(C)n(C)n(C3CCCCC3)c2=O)noc1-c1ccc(OCC2CC2)cc1Cl. The molecule has 0 unspecified atom stereocenters. The Morgan fingerprint density at radius 2 is 1.94 bits per heavy atom. The van der Waals surface area contributed by atoms with Gasteiger partial charge >= 0.3 is 0 Å². The van der Waals surface area contributed by atoms with Crippen LogP contribution in [0.2, 0.25) is 5.02 Å². The number of benzene rings is 1. The molecule has 2 aliphatic rings. The average molecular weight is 499 g/mol. The van der Waals surface area contributed by atoms with Crippen LogP contribution in [0.15, 0.2) is 27.5 Å². The Kier molecular flexibility index (Phi) is 6.49. The molecule has 2 heterocycles. The van der Waals surface area contributed by atoms with Crippen LogP contribution in [0.4, 0.5) is 5.69 Å². The molecule has 9 heteroatoms. The van der Waals surface area contributed by atoms with Gasteiger partial charge in [-0.1, -0.05) is 36.0 Å². The molecule has 2 fully saturated rings. The number of ether oxygens (including phenoxy) is 1. The van der Waals surface area contributed by atoms with Gasteiger partial charge in [0.15, 0.2) is 11.5 Å². The first-order chi connectivity index (χ1) is 16.8. The number of nitrogens with zero attached hydrogens (tertiary/aromatic N) is 3. The van der Waals surface area contributed by atoms with Crippen LogP contribution in [0.25, 0.3) is 11.3 Å². The summed E-state index contributed by atoms with van der Waals surface area (Å²) in [6.45, 7) is 4.29. The van der Waals surface area contributed by atoms with E-state index in [1.54, 1.807) is 17.7 Å². The normalized spacial score (nSPS) is 16.5. The van der Waals surface area contributed by atoms with Crippen LogP contribution in [-0.2, 0) is 7.05 Å². The summed E-state index contributed by atoms with van der Waals surface area (Å²) in [5, 5.41) is 7.25. The smallest absolute Gasteiger partial charge is 0.291 e. The summed E-state index contributed by atoms with van der Waals surface area (Å²) in [6, 6.07) is 5.56. The van der Waals surface area contributed by atoms with Gasteiger partial charge in [0.1, 0.15) is 11.4 Å². The number of carbonyl (C=O) groups excluding carboxylic acids is 1. The number of rotatable bonds is 7. The molecular formula is C26H31ClN4O4. The first-order valence-electron chi connectivity index (χ1n) is 12.3. The van der Waals surface area contributed by atoms with Gasteiger partial charge < -0.3 is 14.6 Å². The fraction of sp³-hybridized carbons (Fsp3) is 0.500. The molecule has 1 aromatic carbocycles. The van der Waals surface area contributed by atoms with Crippen LogP contribution in [0.5, 0.6) is 5.75 Å². The lowest BCUT2D eigenvalue weighted by atomic mass is 9.96. The first-order valence-corrected chi connectivity index (χ1v) is 12.7. The van der Waals surface area contributed by atoms with E-state index in [-0.39, 0.29) is 23.0 Å². The van der Waals surface area contributed by atoms with Crippen molar-refractivity contribution in [1.82, 2.24) is 14.5 Å². The maximum absolute atomic E-state index is 13.2. The molecule has 8 nitrogen and oxygen atoms in total. The minimum Gasteiger partial charge on any atom is -0.493 e. The third kappa shape index (κ3) is 4.63. The van der Waals surface area contributed by atoms with Gasteiger partial charge in [0, 0.05) is 18.2 Å². The number of aromatic nitrogens is 3. The van der Waals surface area contributed by atoms with Crippen LogP contribution in [0.3, 0.4) is 0 Å². The van der Waals surface area contributed by atoms with Gasteiger partial charge in [0.05, 0.1) is 23.4 Å². The average Bonchev–Trinajstić information content (AvgIpc) is 3.57. The lowest BCUT2D eigenvalue weighted by Gasteiger charge is -2.24. The molecule has 2 aromatic heterocycles. The molecule has 0 aliphatic heterocycles. The zero-order valence-corrected chi connectivity index (χ0v) is 21.2. The summed E-state index contributed by atoms with van der Waals surface area (Å²) in [5.74, 6) is 1.28. The molecule has 5 rings (SSSR count). The molecule has 186 valence electrons. The highest BCUT2D eigenvalue weighted by molar-refractivity contribution is 6.33. The molecule has 2 saturated carbocycles. The van der Waals surface area contributed by atoms with Crippen molar-refractivity contribution in [3.05, 3.63) is 50.5 Å². The number of anilines is 1. The van der Waals surface area contributed by atoms with Gasteiger partial charge in [-0.3, -0.25) is 14.3 Å². The van der Waals surface area contributed by atoms with Crippen molar-refractivity contribution in [2.45, 2.75) is 64.8 Å². The molecule has 0 spiro atoms. The highest BCUT2D eigenvalue weighted by Crippen LogP contribution is 2.36.